The largest absolute Gasteiger partial charge is 0.335 e. The van der Waals surface area contributed by atoms with Crippen molar-refractivity contribution in [2.24, 2.45) is 5.14 Å². The van der Waals surface area contributed by atoms with Crippen molar-refractivity contribution in [1.82, 2.24) is 14.3 Å². The van der Waals surface area contributed by atoms with Crippen LogP contribution < -0.4 is 5.14 Å². The fourth-order valence-electron chi connectivity index (χ4n) is 2.54. The smallest absolute Gasteiger partial charge is 0.246 e. The van der Waals surface area contributed by atoms with E-state index in [1.807, 2.05) is 22.9 Å². The SMILES string of the molecule is CC(c1ccc(S(N)(=O)=O)cc1)N(C)C(=O)/C=C/c1c(Cl)nc2sccn12. The quantitative estimate of drug-likeness (QED) is 0.636. The minimum absolute atomic E-state index is 0.0301. The molecule has 0 bridgehead atoms. The fraction of sp³-hybridized carbons (Fsp3) is 0.176. The average Bonchev–Trinajstić information content (AvgIpc) is 3.18. The maximum atomic E-state index is 12.5. The minimum atomic E-state index is -3.74. The zero-order valence-corrected chi connectivity index (χ0v) is 16.9. The first-order chi connectivity index (χ1) is 12.7. The van der Waals surface area contributed by atoms with Crippen molar-refractivity contribution in [3.05, 3.63) is 58.3 Å². The maximum Gasteiger partial charge on any atom is 0.246 e. The summed E-state index contributed by atoms with van der Waals surface area (Å²) in [6.07, 6.45) is 4.90. The number of imidazole rings is 1. The molecule has 2 aromatic heterocycles. The third-order valence-electron chi connectivity index (χ3n) is 4.26. The van der Waals surface area contributed by atoms with Gasteiger partial charge in [-0.25, -0.2) is 18.5 Å². The number of hydrogen-bond acceptors (Lipinski definition) is 5. The molecule has 0 aliphatic carbocycles. The van der Waals surface area contributed by atoms with Crippen LogP contribution in [0.5, 0.6) is 0 Å². The van der Waals surface area contributed by atoms with Crippen LogP contribution in [0.25, 0.3) is 11.0 Å². The van der Waals surface area contributed by atoms with Crippen molar-refractivity contribution in [1.29, 1.82) is 0 Å². The van der Waals surface area contributed by atoms with Crippen LogP contribution in [0.2, 0.25) is 5.15 Å². The molecular formula is C17H17ClN4O3S2. The number of aromatic nitrogens is 2. The number of rotatable bonds is 5. The van der Waals surface area contributed by atoms with Gasteiger partial charge in [0.25, 0.3) is 0 Å². The van der Waals surface area contributed by atoms with Gasteiger partial charge in [0.15, 0.2) is 10.1 Å². The second-order valence-electron chi connectivity index (χ2n) is 5.92. The van der Waals surface area contributed by atoms with Crippen molar-refractivity contribution in [2.75, 3.05) is 7.05 Å². The standard InChI is InChI=1S/C17H17ClN4O3S2/c1-11(12-3-5-13(6-4-12)27(19,24)25)21(2)15(23)8-7-14-16(18)20-17-22(14)9-10-26-17/h3-11H,1-2H3,(H2,19,24,25)/b8-7+. The number of primary sulfonamides is 1. The number of sulfonamides is 1. The molecule has 3 rings (SSSR count). The van der Waals surface area contributed by atoms with Crippen LogP contribution in [0, 0.1) is 0 Å². The molecule has 0 saturated heterocycles. The van der Waals surface area contributed by atoms with Crippen molar-refractivity contribution in [3.63, 3.8) is 0 Å². The van der Waals surface area contributed by atoms with E-state index in [0.717, 1.165) is 10.5 Å². The van der Waals surface area contributed by atoms with E-state index < -0.39 is 10.0 Å². The lowest BCUT2D eigenvalue weighted by Crippen LogP contribution is -2.28. The number of likely N-dealkylation sites (N-methyl/N-ethyl adjacent to an activating group) is 1. The Hall–Kier alpha value is -2.20. The van der Waals surface area contributed by atoms with Gasteiger partial charge in [0.1, 0.15) is 0 Å². The molecule has 1 amide bonds. The number of nitrogens with two attached hydrogens (primary N) is 1. The second kappa shape index (κ2) is 7.43. The third kappa shape index (κ3) is 4.06. The number of carbonyl (C=O) groups is 1. The zero-order valence-electron chi connectivity index (χ0n) is 14.5. The highest BCUT2D eigenvalue weighted by Gasteiger charge is 2.17. The molecule has 2 heterocycles. The molecule has 1 aromatic carbocycles. The Bertz CT molecular complexity index is 1120. The number of amides is 1. The topological polar surface area (TPSA) is 97.8 Å². The molecule has 142 valence electrons. The Morgan fingerprint density at radius 3 is 2.67 bits per heavy atom. The van der Waals surface area contributed by atoms with Gasteiger partial charge < -0.3 is 4.90 Å². The molecule has 0 aliphatic heterocycles. The normalized spacial score (nSPS) is 13.3. The molecular weight excluding hydrogens is 408 g/mol. The average molecular weight is 425 g/mol. The highest BCUT2D eigenvalue weighted by Crippen LogP contribution is 2.24. The van der Waals surface area contributed by atoms with Gasteiger partial charge in [-0.05, 0) is 30.7 Å². The van der Waals surface area contributed by atoms with Crippen LogP contribution >= 0.6 is 22.9 Å². The van der Waals surface area contributed by atoms with Gasteiger partial charge in [0, 0.05) is 24.7 Å². The van der Waals surface area contributed by atoms with Gasteiger partial charge in [-0.15, -0.1) is 11.3 Å². The molecule has 10 heteroatoms. The van der Waals surface area contributed by atoms with E-state index >= 15 is 0 Å². The predicted octanol–water partition coefficient (Wildman–Crippen LogP) is 2.93. The van der Waals surface area contributed by atoms with Crippen LogP contribution in [-0.4, -0.2) is 35.7 Å². The summed E-state index contributed by atoms with van der Waals surface area (Å²) in [5.74, 6) is -0.223. The van der Waals surface area contributed by atoms with Gasteiger partial charge in [0.2, 0.25) is 15.9 Å². The van der Waals surface area contributed by atoms with Crippen LogP contribution in [0.15, 0.2) is 46.8 Å². The molecule has 0 aliphatic rings. The molecule has 7 nitrogen and oxygen atoms in total. The van der Waals surface area contributed by atoms with E-state index in [9.17, 15) is 13.2 Å². The lowest BCUT2D eigenvalue weighted by molar-refractivity contribution is -0.126. The van der Waals surface area contributed by atoms with Crippen molar-refractivity contribution >= 4 is 49.9 Å². The van der Waals surface area contributed by atoms with E-state index in [1.54, 1.807) is 30.2 Å². The Balaban J connectivity index is 1.76. The van der Waals surface area contributed by atoms with Crippen LogP contribution in [0.3, 0.4) is 0 Å². The van der Waals surface area contributed by atoms with E-state index in [1.165, 1.54) is 29.5 Å². The molecule has 0 saturated carbocycles. The number of hydrogen-bond donors (Lipinski definition) is 1. The molecule has 27 heavy (non-hydrogen) atoms. The summed E-state index contributed by atoms with van der Waals surface area (Å²) in [6.45, 7) is 1.85. The summed E-state index contributed by atoms with van der Waals surface area (Å²) in [5.41, 5.74) is 1.43. The lowest BCUT2D eigenvalue weighted by Gasteiger charge is -2.24. The minimum Gasteiger partial charge on any atom is -0.335 e. The van der Waals surface area contributed by atoms with Crippen LogP contribution in [0.1, 0.15) is 24.2 Å². The van der Waals surface area contributed by atoms with Gasteiger partial charge in [-0.2, -0.15) is 0 Å². The number of thiazole rings is 1. The summed E-state index contributed by atoms with van der Waals surface area (Å²) in [7, 11) is -2.07. The summed E-state index contributed by atoms with van der Waals surface area (Å²) >= 11 is 7.58. The van der Waals surface area contributed by atoms with E-state index in [4.69, 9.17) is 16.7 Å². The first-order valence-electron chi connectivity index (χ1n) is 7.87. The number of fused-ring (bicyclic) bond motifs is 1. The predicted molar refractivity (Wildman–Crippen MR) is 106 cm³/mol. The molecule has 0 radical (unpaired) electrons. The molecule has 1 unspecified atom stereocenters. The van der Waals surface area contributed by atoms with Crippen molar-refractivity contribution in [2.45, 2.75) is 17.9 Å². The molecule has 2 N–H and O–H groups in total. The Morgan fingerprint density at radius 2 is 2.04 bits per heavy atom. The van der Waals surface area contributed by atoms with Gasteiger partial charge in [0.05, 0.1) is 16.6 Å². The van der Waals surface area contributed by atoms with Crippen molar-refractivity contribution < 1.29 is 13.2 Å². The monoisotopic (exact) mass is 424 g/mol. The molecule has 3 aromatic rings. The van der Waals surface area contributed by atoms with Crippen molar-refractivity contribution in [3.8, 4) is 0 Å². The fourth-order valence-corrected chi connectivity index (χ4v) is 4.06. The number of benzene rings is 1. The van der Waals surface area contributed by atoms with Crippen LogP contribution in [0.4, 0.5) is 0 Å². The van der Waals surface area contributed by atoms with Gasteiger partial charge in [-0.1, -0.05) is 23.7 Å². The summed E-state index contributed by atoms with van der Waals surface area (Å²) in [6, 6.07) is 5.86. The maximum absolute atomic E-state index is 12.5. The van der Waals surface area contributed by atoms with Gasteiger partial charge >= 0.3 is 0 Å². The van der Waals surface area contributed by atoms with E-state index in [-0.39, 0.29) is 16.8 Å². The molecule has 1 atom stereocenters. The summed E-state index contributed by atoms with van der Waals surface area (Å²) in [5, 5.41) is 7.32. The summed E-state index contributed by atoms with van der Waals surface area (Å²) < 4.78 is 24.5. The number of halogens is 1. The number of nitrogens with zero attached hydrogens (tertiary/aromatic N) is 3. The number of carbonyl (C=O) groups excluding carboxylic acids is 1. The third-order valence-corrected chi connectivity index (χ3v) is 6.22. The molecule has 0 fully saturated rings. The molecule has 0 spiro atoms. The summed E-state index contributed by atoms with van der Waals surface area (Å²) in [4.78, 5) is 19.1. The zero-order chi connectivity index (χ0) is 19.8. The van der Waals surface area contributed by atoms with Gasteiger partial charge in [-0.3, -0.25) is 9.20 Å². The highest BCUT2D eigenvalue weighted by molar-refractivity contribution is 7.89. The lowest BCUT2D eigenvalue weighted by atomic mass is 10.1. The van der Waals surface area contributed by atoms with E-state index in [0.29, 0.717) is 10.8 Å². The Kier molecular flexibility index (Phi) is 5.38. The first-order valence-corrected chi connectivity index (χ1v) is 10.7. The van der Waals surface area contributed by atoms with E-state index in [2.05, 4.69) is 4.98 Å². The second-order valence-corrected chi connectivity index (χ2v) is 8.71. The first kappa shape index (κ1) is 19.6. The Labute approximate surface area is 165 Å². The highest BCUT2D eigenvalue weighted by atomic mass is 35.5. The Morgan fingerprint density at radius 1 is 1.37 bits per heavy atom. The van der Waals surface area contributed by atoms with Crippen LogP contribution in [-0.2, 0) is 14.8 Å².